The van der Waals surface area contributed by atoms with Crippen molar-refractivity contribution in [2.45, 2.75) is 142 Å². The van der Waals surface area contributed by atoms with Gasteiger partial charge in [-0.15, -0.1) is 0 Å². The summed E-state index contributed by atoms with van der Waals surface area (Å²) in [6, 6.07) is 0. The molecule has 0 amide bonds. The Bertz CT molecular complexity index is 986. The quantitative estimate of drug-likeness (QED) is 0.0218. The van der Waals surface area contributed by atoms with Crippen LogP contribution in [0.5, 0.6) is 0 Å². The molecule has 0 aliphatic rings. The molecule has 0 aromatic heterocycles. The van der Waals surface area contributed by atoms with E-state index in [1.165, 1.54) is 38.5 Å². The number of quaternary nitrogens is 1. The number of ether oxygens (including phenoxy) is 2. The van der Waals surface area contributed by atoms with E-state index in [2.05, 4.69) is 32.1 Å². The van der Waals surface area contributed by atoms with Crippen molar-refractivity contribution in [1.29, 1.82) is 0 Å². The number of esters is 2. The van der Waals surface area contributed by atoms with Gasteiger partial charge in [-0.1, -0.05) is 140 Å². The Labute approximate surface area is 299 Å². The number of likely N-dealkylation sites (N-methyl/N-ethyl adjacent to an activating group) is 1. The zero-order valence-corrected chi connectivity index (χ0v) is 32.5. The van der Waals surface area contributed by atoms with Crippen LogP contribution >= 0.6 is 7.82 Å². The number of allylic oxidation sites excluding steroid dienone is 8. The molecule has 9 nitrogen and oxygen atoms in total. The maximum absolute atomic E-state index is 12.6. The van der Waals surface area contributed by atoms with Gasteiger partial charge in [0.1, 0.15) is 19.8 Å². The van der Waals surface area contributed by atoms with Crippen LogP contribution in [-0.4, -0.2) is 70.0 Å². The Kier molecular flexibility index (Phi) is 30.6. The van der Waals surface area contributed by atoms with E-state index in [1.807, 2.05) is 51.5 Å². The minimum atomic E-state index is -4.62. The Hall–Kier alpha value is -2.03. The van der Waals surface area contributed by atoms with Gasteiger partial charge in [0.2, 0.25) is 0 Å². The van der Waals surface area contributed by atoms with Crippen LogP contribution in [0.25, 0.3) is 0 Å². The summed E-state index contributed by atoms with van der Waals surface area (Å²) in [5, 5.41) is 0. The Balaban J connectivity index is 4.48. The highest BCUT2D eigenvalue weighted by Crippen LogP contribution is 2.38. The molecule has 0 radical (unpaired) electrons. The highest BCUT2D eigenvalue weighted by Gasteiger charge is 2.21. The molecule has 0 N–H and O–H groups in total. The van der Waals surface area contributed by atoms with E-state index in [9.17, 15) is 19.0 Å². The van der Waals surface area contributed by atoms with Crippen molar-refractivity contribution in [2.75, 3.05) is 47.5 Å². The summed E-state index contributed by atoms with van der Waals surface area (Å²) in [6.45, 7) is 4.02. The van der Waals surface area contributed by atoms with Crippen LogP contribution in [0, 0.1) is 0 Å². The van der Waals surface area contributed by atoms with Crippen LogP contribution in [0.3, 0.4) is 0 Å². The summed E-state index contributed by atoms with van der Waals surface area (Å²) in [5.41, 5.74) is 0. The van der Waals surface area contributed by atoms with E-state index in [0.29, 0.717) is 23.9 Å². The van der Waals surface area contributed by atoms with E-state index in [1.54, 1.807) is 0 Å². The first-order valence-electron chi connectivity index (χ1n) is 18.9. The molecule has 0 spiro atoms. The topological polar surface area (TPSA) is 111 Å². The van der Waals surface area contributed by atoms with Crippen molar-refractivity contribution < 1.29 is 42.1 Å². The first-order chi connectivity index (χ1) is 23.5. The van der Waals surface area contributed by atoms with Crippen molar-refractivity contribution >= 4 is 19.8 Å². The summed E-state index contributed by atoms with van der Waals surface area (Å²) < 4.78 is 33.7. The molecule has 0 fully saturated rings. The van der Waals surface area contributed by atoms with Gasteiger partial charge in [0.15, 0.2) is 6.10 Å². The summed E-state index contributed by atoms with van der Waals surface area (Å²) in [7, 11) is 1.14. The van der Waals surface area contributed by atoms with Gasteiger partial charge in [0.05, 0.1) is 27.7 Å². The molecule has 0 rings (SSSR count). The molecule has 0 saturated carbocycles. The first-order valence-corrected chi connectivity index (χ1v) is 20.4. The van der Waals surface area contributed by atoms with Crippen molar-refractivity contribution in [3.8, 4) is 0 Å². The monoisotopic (exact) mass is 711 g/mol. The Morgan fingerprint density at radius 2 is 1.16 bits per heavy atom. The molecule has 284 valence electrons. The number of unbranched alkanes of at least 4 members (excludes halogenated alkanes) is 14. The Morgan fingerprint density at radius 3 is 1.73 bits per heavy atom. The molecule has 0 aromatic rings. The molecule has 0 aliphatic heterocycles. The van der Waals surface area contributed by atoms with Crippen LogP contribution < -0.4 is 4.89 Å². The fraction of sp³-hybridized carbons (Fsp3) is 0.744. The van der Waals surface area contributed by atoms with Crippen LogP contribution in [0.15, 0.2) is 48.6 Å². The number of hydrogen-bond donors (Lipinski definition) is 0. The van der Waals surface area contributed by atoms with Gasteiger partial charge in [-0.05, 0) is 32.1 Å². The number of nitrogens with zero attached hydrogens (tertiary/aromatic N) is 1. The van der Waals surface area contributed by atoms with E-state index < -0.39 is 32.5 Å². The van der Waals surface area contributed by atoms with Gasteiger partial charge >= 0.3 is 11.9 Å². The second-order valence-corrected chi connectivity index (χ2v) is 15.1. The van der Waals surface area contributed by atoms with Crippen molar-refractivity contribution in [1.82, 2.24) is 0 Å². The minimum Gasteiger partial charge on any atom is -0.756 e. The predicted octanol–water partition coefficient (Wildman–Crippen LogP) is 9.33. The zero-order valence-electron chi connectivity index (χ0n) is 31.6. The summed E-state index contributed by atoms with van der Waals surface area (Å²) in [6.07, 6.45) is 34.2. The maximum atomic E-state index is 12.6. The fourth-order valence-corrected chi connectivity index (χ4v) is 5.45. The van der Waals surface area contributed by atoms with Gasteiger partial charge in [0.25, 0.3) is 7.82 Å². The van der Waals surface area contributed by atoms with Crippen molar-refractivity contribution in [2.24, 2.45) is 0 Å². The highest BCUT2D eigenvalue weighted by molar-refractivity contribution is 7.45. The minimum absolute atomic E-state index is 0.0360. The normalized spacial score (nSPS) is 14.3. The summed E-state index contributed by atoms with van der Waals surface area (Å²) >= 11 is 0. The number of hydrogen-bond acceptors (Lipinski definition) is 8. The number of rotatable bonds is 33. The van der Waals surface area contributed by atoms with Gasteiger partial charge in [-0.3, -0.25) is 14.2 Å². The molecule has 2 atom stereocenters. The van der Waals surface area contributed by atoms with Crippen LogP contribution in [0.1, 0.15) is 136 Å². The lowest BCUT2D eigenvalue weighted by Crippen LogP contribution is -2.37. The molecule has 0 aromatic carbocycles. The predicted molar refractivity (Wildman–Crippen MR) is 199 cm³/mol. The number of carbonyl (C=O) groups is 2. The van der Waals surface area contributed by atoms with E-state index >= 15 is 0 Å². The van der Waals surface area contributed by atoms with E-state index in [-0.39, 0.29) is 26.1 Å². The molecule has 0 aliphatic carbocycles. The third-order valence-electron chi connectivity index (χ3n) is 7.71. The van der Waals surface area contributed by atoms with E-state index in [4.69, 9.17) is 18.5 Å². The van der Waals surface area contributed by atoms with Crippen LogP contribution in [0.4, 0.5) is 0 Å². The smallest absolute Gasteiger partial charge is 0.306 e. The fourth-order valence-electron chi connectivity index (χ4n) is 4.72. The van der Waals surface area contributed by atoms with E-state index in [0.717, 1.165) is 57.8 Å². The number of phosphoric acid groups is 1. The second-order valence-electron chi connectivity index (χ2n) is 13.7. The third kappa shape index (κ3) is 35.6. The lowest BCUT2D eigenvalue weighted by Gasteiger charge is -2.28. The number of carbonyl (C=O) groups excluding carboxylic acids is 2. The van der Waals surface area contributed by atoms with Crippen molar-refractivity contribution in [3.63, 3.8) is 0 Å². The first kappa shape index (κ1) is 47.0. The van der Waals surface area contributed by atoms with Crippen LogP contribution in [0.2, 0.25) is 0 Å². The maximum Gasteiger partial charge on any atom is 0.306 e. The van der Waals surface area contributed by atoms with Crippen molar-refractivity contribution in [3.05, 3.63) is 48.6 Å². The molecule has 0 heterocycles. The lowest BCUT2D eigenvalue weighted by atomic mass is 10.1. The lowest BCUT2D eigenvalue weighted by molar-refractivity contribution is -0.870. The van der Waals surface area contributed by atoms with Gasteiger partial charge in [-0.25, -0.2) is 0 Å². The highest BCUT2D eigenvalue weighted by atomic mass is 31.2. The average Bonchev–Trinajstić information content (AvgIpc) is 3.04. The molecular formula is C39H70NO8P. The number of phosphoric ester groups is 1. The largest absolute Gasteiger partial charge is 0.756 e. The summed E-state index contributed by atoms with van der Waals surface area (Å²) in [4.78, 5) is 37.3. The Morgan fingerprint density at radius 1 is 0.653 bits per heavy atom. The van der Waals surface area contributed by atoms with Gasteiger partial charge in [0, 0.05) is 12.8 Å². The molecule has 1 unspecified atom stereocenters. The average molecular weight is 712 g/mol. The van der Waals surface area contributed by atoms with Crippen LogP contribution in [-0.2, 0) is 32.7 Å². The second kappa shape index (κ2) is 31.9. The molecule has 10 heteroatoms. The molecule has 49 heavy (non-hydrogen) atoms. The molecular weight excluding hydrogens is 641 g/mol. The molecule has 0 bridgehead atoms. The zero-order chi connectivity index (χ0) is 36.5. The SMILES string of the molecule is CC/C=C/C=C/C=C/C=C/CCCCCCCC(=O)OC[C@@H](COP(=O)([O-])OCC[N+](C)(C)C)OC(=O)CCCCCCCCCCCC. The standard InChI is InChI=1S/C39H70NO8P/c1-6-8-10-12-14-16-18-19-20-21-22-24-25-27-29-31-38(41)45-35-37(36-47-49(43,44)46-34-33-40(3,4)5)48-39(42)32-30-28-26-23-17-15-13-11-9-7-2/h8,10,12,14,16,18-20,37H,6-7,9,11,13,15,17,21-36H2,1-5H3/b10-8+,14-12+,18-16+,20-19+/t37-/m0/s1. The van der Waals surface area contributed by atoms with Gasteiger partial charge in [-0.2, -0.15) is 0 Å². The third-order valence-corrected chi connectivity index (χ3v) is 8.67. The van der Waals surface area contributed by atoms with Gasteiger partial charge < -0.3 is 27.9 Å². The molecule has 0 saturated heterocycles. The summed E-state index contributed by atoms with van der Waals surface area (Å²) in [5.74, 6) is -0.868.